The molecular formula is C19H13N3OS2. The third kappa shape index (κ3) is 3.22. The highest BCUT2D eigenvalue weighted by Crippen LogP contribution is 2.25. The lowest BCUT2D eigenvalue weighted by Crippen LogP contribution is -2.34. The Bertz CT molecular complexity index is 1070. The number of rotatable bonds is 2. The van der Waals surface area contributed by atoms with E-state index in [4.69, 9.17) is 12.2 Å². The fraction of sp³-hybridized carbons (Fsp3) is 0. The lowest BCUT2D eigenvalue weighted by atomic mass is 10.0. The zero-order valence-corrected chi connectivity index (χ0v) is 14.7. The van der Waals surface area contributed by atoms with Crippen LogP contribution < -0.4 is 10.6 Å². The van der Waals surface area contributed by atoms with Gasteiger partial charge in [-0.25, -0.2) is 4.98 Å². The van der Waals surface area contributed by atoms with Gasteiger partial charge in [0.2, 0.25) is 0 Å². The molecule has 25 heavy (non-hydrogen) atoms. The van der Waals surface area contributed by atoms with Gasteiger partial charge >= 0.3 is 0 Å². The van der Waals surface area contributed by atoms with Crippen LogP contribution in [0, 0.1) is 0 Å². The van der Waals surface area contributed by atoms with Crippen LogP contribution in [0.3, 0.4) is 0 Å². The number of thiocarbonyl (C=S) groups is 1. The minimum absolute atomic E-state index is 0.233. The maximum absolute atomic E-state index is 12.6. The molecule has 1 amide bonds. The van der Waals surface area contributed by atoms with Gasteiger partial charge in [0.15, 0.2) is 10.2 Å². The van der Waals surface area contributed by atoms with Crippen LogP contribution in [0.15, 0.2) is 66.7 Å². The highest BCUT2D eigenvalue weighted by atomic mass is 32.1. The maximum Gasteiger partial charge on any atom is 0.258 e. The highest BCUT2D eigenvalue weighted by molar-refractivity contribution is 7.80. The van der Waals surface area contributed by atoms with Crippen molar-refractivity contribution in [2.45, 2.75) is 0 Å². The van der Waals surface area contributed by atoms with Gasteiger partial charge in [0, 0.05) is 5.56 Å². The Kier molecular flexibility index (Phi) is 4.13. The zero-order valence-electron chi connectivity index (χ0n) is 13.0. The van der Waals surface area contributed by atoms with Crippen molar-refractivity contribution in [3.05, 3.63) is 72.3 Å². The van der Waals surface area contributed by atoms with Gasteiger partial charge < -0.3 is 5.32 Å². The molecule has 0 aliphatic rings. The number of nitrogens with zero attached hydrogens (tertiary/aromatic N) is 1. The average molecular weight is 363 g/mol. The predicted molar refractivity (Wildman–Crippen MR) is 107 cm³/mol. The third-order valence-electron chi connectivity index (χ3n) is 3.78. The number of fused-ring (bicyclic) bond motifs is 2. The Morgan fingerprint density at radius 1 is 0.960 bits per heavy atom. The van der Waals surface area contributed by atoms with Gasteiger partial charge in [-0.1, -0.05) is 59.9 Å². The summed E-state index contributed by atoms with van der Waals surface area (Å²) in [5, 5.41) is 8.51. The van der Waals surface area contributed by atoms with E-state index in [0.717, 1.165) is 21.0 Å². The van der Waals surface area contributed by atoms with Crippen molar-refractivity contribution in [3.8, 4) is 0 Å². The molecule has 0 atom stereocenters. The van der Waals surface area contributed by atoms with E-state index in [0.29, 0.717) is 10.7 Å². The number of aromatic nitrogens is 1. The van der Waals surface area contributed by atoms with E-state index in [-0.39, 0.29) is 11.0 Å². The Hall–Kier alpha value is -2.83. The van der Waals surface area contributed by atoms with Crippen LogP contribution in [0.4, 0.5) is 5.13 Å². The van der Waals surface area contributed by atoms with Gasteiger partial charge in [-0.15, -0.1) is 0 Å². The fourth-order valence-electron chi connectivity index (χ4n) is 2.65. The highest BCUT2D eigenvalue weighted by Gasteiger charge is 2.12. The van der Waals surface area contributed by atoms with Gasteiger partial charge in [0.25, 0.3) is 5.91 Å². The molecule has 1 aromatic heterocycles. The molecule has 3 aromatic carbocycles. The first-order valence-electron chi connectivity index (χ1n) is 7.66. The van der Waals surface area contributed by atoms with Crippen molar-refractivity contribution >= 4 is 60.7 Å². The standard InChI is InChI=1S/C19H13N3OS2/c23-17(14-9-5-7-12-6-1-2-8-13(12)14)21-18(24)22-19-20-15-10-3-4-11-16(15)25-19/h1-11H,(H2,20,21,22,23,24). The van der Waals surface area contributed by atoms with E-state index in [1.165, 1.54) is 11.3 Å². The van der Waals surface area contributed by atoms with Crippen molar-refractivity contribution in [1.29, 1.82) is 0 Å². The van der Waals surface area contributed by atoms with Crippen LogP contribution in [0.25, 0.3) is 21.0 Å². The van der Waals surface area contributed by atoms with E-state index in [2.05, 4.69) is 15.6 Å². The van der Waals surface area contributed by atoms with Gasteiger partial charge in [-0.2, -0.15) is 0 Å². The summed E-state index contributed by atoms with van der Waals surface area (Å²) in [6.07, 6.45) is 0. The number of benzene rings is 3. The molecule has 4 aromatic rings. The number of hydrogen-bond donors (Lipinski definition) is 2. The molecule has 1 heterocycles. The number of para-hydroxylation sites is 1. The number of anilines is 1. The molecule has 0 aliphatic heterocycles. The average Bonchev–Trinajstić information content (AvgIpc) is 3.03. The summed E-state index contributed by atoms with van der Waals surface area (Å²) in [7, 11) is 0. The first-order valence-corrected chi connectivity index (χ1v) is 8.89. The molecule has 0 fully saturated rings. The van der Waals surface area contributed by atoms with E-state index in [1.54, 1.807) is 6.07 Å². The lowest BCUT2D eigenvalue weighted by Gasteiger charge is -2.09. The number of thiazole rings is 1. The molecule has 0 spiro atoms. The van der Waals surface area contributed by atoms with E-state index in [1.807, 2.05) is 60.7 Å². The van der Waals surface area contributed by atoms with E-state index < -0.39 is 0 Å². The van der Waals surface area contributed by atoms with E-state index >= 15 is 0 Å². The second-order valence-electron chi connectivity index (χ2n) is 5.42. The van der Waals surface area contributed by atoms with Gasteiger partial charge in [-0.3, -0.25) is 10.1 Å². The molecule has 0 radical (unpaired) electrons. The molecule has 122 valence electrons. The monoisotopic (exact) mass is 363 g/mol. The predicted octanol–water partition coefficient (Wildman–Crippen LogP) is 4.58. The van der Waals surface area contributed by atoms with Crippen LogP contribution in [-0.4, -0.2) is 16.0 Å². The van der Waals surface area contributed by atoms with Crippen molar-refractivity contribution in [3.63, 3.8) is 0 Å². The first-order chi connectivity index (χ1) is 12.2. The Balaban J connectivity index is 1.52. The number of hydrogen-bond acceptors (Lipinski definition) is 4. The molecule has 0 unspecified atom stereocenters. The van der Waals surface area contributed by atoms with Gasteiger partial charge in [0.05, 0.1) is 10.2 Å². The summed E-state index contributed by atoms with van der Waals surface area (Å²) in [4.78, 5) is 17.0. The minimum Gasteiger partial charge on any atom is -0.308 e. The summed E-state index contributed by atoms with van der Waals surface area (Å²) in [5.41, 5.74) is 1.49. The SMILES string of the molecule is O=C(NC(=S)Nc1nc2ccccc2s1)c1cccc2ccccc12. The summed E-state index contributed by atoms with van der Waals surface area (Å²) in [6, 6.07) is 21.2. The van der Waals surface area contributed by atoms with Crippen LogP contribution >= 0.6 is 23.6 Å². The Morgan fingerprint density at radius 2 is 1.72 bits per heavy atom. The topological polar surface area (TPSA) is 54.0 Å². The van der Waals surface area contributed by atoms with Crippen molar-refractivity contribution in [2.75, 3.05) is 5.32 Å². The minimum atomic E-state index is -0.240. The largest absolute Gasteiger partial charge is 0.308 e. The van der Waals surface area contributed by atoms with Crippen molar-refractivity contribution in [1.82, 2.24) is 10.3 Å². The molecule has 0 saturated carbocycles. The van der Waals surface area contributed by atoms with Crippen LogP contribution in [0.1, 0.15) is 10.4 Å². The third-order valence-corrected chi connectivity index (χ3v) is 4.93. The second kappa shape index (κ2) is 6.58. The molecule has 0 bridgehead atoms. The van der Waals surface area contributed by atoms with E-state index in [9.17, 15) is 4.79 Å². The zero-order chi connectivity index (χ0) is 17.2. The number of carbonyl (C=O) groups is 1. The van der Waals surface area contributed by atoms with Gasteiger partial charge in [-0.05, 0) is 41.2 Å². The lowest BCUT2D eigenvalue weighted by molar-refractivity contribution is 0.0979. The molecule has 0 saturated heterocycles. The number of nitrogens with one attached hydrogen (secondary N) is 2. The molecule has 4 nitrogen and oxygen atoms in total. The number of carbonyl (C=O) groups excluding carboxylic acids is 1. The summed E-state index contributed by atoms with van der Waals surface area (Å²) < 4.78 is 1.06. The smallest absolute Gasteiger partial charge is 0.258 e. The molecule has 0 aliphatic carbocycles. The second-order valence-corrected chi connectivity index (χ2v) is 6.86. The van der Waals surface area contributed by atoms with Crippen LogP contribution in [-0.2, 0) is 0 Å². The van der Waals surface area contributed by atoms with Gasteiger partial charge in [0.1, 0.15) is 0 Å². The molecule has 6 heteroatoms. The quantitative estimate of drug-likeness (QED) is 0.512. The van der Waals surface area contributed by atoms with Crippen molar-refractivity contribution < 1.29 is 4.79 Å². The van der Waals surface area contributed by atoms with Crippen LogP contribution in [0.5, 0.6) is 0 Å². The first kappa shape index (κ1) is 15.7. The Labute approximate surface area is 153 Å². The number of amides is 1. The fourth-order valence-corrected chi connectivity index (χ4v) is 3.77. The molecular weight excluding hydrogens is 350 g/mol. The summed E-state index contributed by atoms with van der Waals surface area (Å²) >= 11 is 6.75. The normalized spacial score (nSPS) is 10.7. The van der Waals surface area contributed by atoms with Crippen LogP contribution in [0.2, 0.25) is 0 Å². The molecule has 4 rings (SSSR count). The summed E-state index contributed by atoms with van der Waals surface area (Å²) in [6.45, 7) is 0. The summed E-state index contributed by atoms with van der Waals surface area (Å²) in [5.74, 6) is -0.240. The molecule has 2 N–H and O–H groups in total. The Morgan fingerprint density at radius 3 is 2.60 bits per heavy atom. The van der Waals surface area contributed by atoms with Crippen molar-refractivity contribution in [2.24, 2.45) is 0 Å². The maximum atomic E-state index is 12.6.